The number of rotatable bonds is 2. The number of carboxylic acid groups (broad SMARTS) is 1. The maximum absolute atomic E-state index is 14.1. The van der Waals surface area contributed by atoms with Crippen molar-refractivity contribution in [3.63, 3.8) is 0 Å². The number of benzene rings is 1. The van der Waals surface area contributed by atoms with Crippen LogP contribution < -0.4 is 0 Å². The maximum atomic E-state index is 14.1. The third-order valence-electron chi connectivity index (χ3n) is 3.05. The van der Waals surface area contributed by atoms with Crippen LogP contribution in [0.3, 0.4) is 0 Å². The molecular formula is C15H9ClFNO2S. The Labute approximate surface area is 128 Å². The number of hydrogen-bond donors (Lipinski definition) is 1. The van der Waals surface area contributed by atoms with Crippen molar-refractivity contribution in [3.05, 3.63) is 51.6 Å². The fourth-order valence-electron chi connectivity index (χ4n) is 2.13. The van der Waals surface area contributed by atoms with Gasteiger partial charge >= 0.3 is 5.97 Å². The molecule has 0 saturated heterocycles. The predicted octanol–water partition coefficient (Wildman–Crippen LogP) is 4.76. The number of aromatic carboxylic acids is 1. The number of hydrogen-bond acceptors (Lipinski definition) is 3. The first-order chi connectivity index (χ1) is 9.95. The van der Waals surface area contributed by atoms with Crippen molar-refractivity contribution in [2.24, 2.45) is 0 Å². The molecule has 0 saturated carbocycles. The van der Waals surface area contributed by atoms with E-state index in [1.54, 1.807) is 0 Å². The van der Waals surface area contributed by atoms with Crippen LogP contribution in [0, 0.1) is 12.7 Å². The zero-order valence-corrected chi connectivity index (χ0v) is 12.4. The molecule has 2 heterocycles. The van der Waals surface area contributed by atoms with Gasteiger partial charge < -0.3 is 5.11 Å². The van der Waals surface area contributed by atoms with E-state index in [1.165, 1.54) is 23.5 Å². The third-order valence-corrected chi connectivity index (χ3v) is 4.30. The average molecular weight is 322 g/mol. The van der Waals surface area contributed by atoms with Crippen LogP contribution in [0.2, 0.25) is 5.02 Å². The van der Waals surface area contributed by atoms with Crippen LogP contribution in [-0.4, -0.2) is 16.1 Å². The molecule has 1 aromatic carbocycles. The van der Waals surface area contributed by atoms with Gasteiger partial charge in [0.2, 0.25) is 0 Å². The average Bonchev–Trinajstić information content (AvgIpc) is 2.84. The van der Waals surface area contributed by atoms with Crippen molar-refractivity contribution < 1.29 is 14.3 Å². The van der Waals surface area contributed by atoms with Crippen molar-refractivity contribution in [1.29, 1.82) is 0 Å². The molecule has 0 radical (unpaired) electrons. The van der Waals surface area contributed by atoms with Crippen molar-refractivity contribution in [1.82, 2.24) is 4.98 Å². The highest BCUT2D eigenvalue weighted by molar-refractivity contribution is 7.15. The maximum Gasteiger partial charge on any atom is 0.336 e. The minimum atomic E-state index is -1.14. The Kier molecular flexibility index (Phi) is 3.39. The number of halogens is 2. The van der Waals surface area contributed by atoms with Gasteiger partial charge in [-0.25, -0.2) is 14.2 Å². The molecule has 6 heteroatoms. The van der Waals surface area contributed by atoms with Crippen LogP contribution in [0.4, 0.5) is 4.39 Å². The Morgan fingerprint density at radius 3 is 2.71 bits per heavy atom. The minimum Gasteiger partial charge on any atom is -0.478 e. The van der Waals surface area contributed by atoms with Crippen LogP contribution in [0.15, 0.2) is 30.3 Å². The summed E-state index contributed by atoms with van der Waals surface area (Å²) >= 11 is 7.28. The molecule has 3 nitrogen and oxygen atoms in total. The lowest BCUT2D eigenvalue weighted by atomic mass is 10.1. The van der Waals surface area contributed by atoms with E-state index in [2.05, 4.69) is 4.98 Å². The van der Waals surface area contributed by atoms with E-state index in [4.69, 9.17) is 11.6 Å². The summed E-state index contributed by atoms with van der Waals surface area (Å²) in [6.45, 7) is 1.94. The molecule has 0 unspecified atom stereocenters. The van der Waals surface area contributed by atoms with Crippen molar-refractivity contribution in [2.75, 3.05) is 0 Å². The molecule has 106 valence electrons. The molecule has 3 aromatic rings. The highest BCUT2D eigenvalue weighted by Gasteiger charge is 2.17. The number of aryl methyl sites for hydroxylation is 1. The van der Waals surface area contributed by atoms with Crippen molar-refractivity contribution >= 4 is 39.8 Å². The van der Waals surface area contributed by atoms with Gasteiger partial charge in [-0.3, -0.25) is 0 Å². The summed E-state index contributed by atoms with van der Waals surface area (Å²) in [6.07, 6.45) is 0. The van der Waals surface area contributed by atoms with Gasteiger partial charge in [0.15, 0.2) is 5.82 Å². The molecule has 0 spiro atoms. The molecule has 1 N–H and O–H groups in total. The summed E-state index contributed by atoms with van der Waals surface area (Å²) in [6, 6.07) is 7.75. The molecule has 0 atom stereocenters. The van der Waals surface area contributed by atoms with Gasteiger partial charge in [0.05, 0.1) is 16.1 Å². The molecule has 0 bridgehead atoms. The van der Waals surface area contributed by atoms with E-state index in [9.17, 15) is 14.3 Å². The molecule has 3 rings (SSSR count). The Bertz CT molecular complexity index is 875. The lowest BCUT2D eigenvalue weighted by Crippen LogP contribution is -2.01. The number of thiophene rings is 1. The Hall–Kier alpha value is -1.98. The van der Waals surface area contributed by atoms with E-state index in [1.807, 2.05) is 19.1 Å². The first kappa shape index (κ1) is 14.0. The summed E-state index contributed by atoms with van der Waals surface area (Å²) in [5.41, 5.74) is 0.446. The quantitative estimate of drug-likeness (QED) is 0.740. The first-order valence-corrected chi connectivity index (χ1v) is 7.25. The van der Waals surface area contributed by atoms with Gasteiger partial charge in [-0.1, -0.05) is 11.6 Å². The van der Waals surface area contributed by atoms with Gasteiger partial charge in [-0.15, -0.1) is 11.3 Å². The smallest absolute Gasteiger partial charge is 0.336 e. The van der Waals surface area contributed by atoms with Gasteiger partial charge in [0.25, 0.3) is 0 Å². The standard InChI is InChI=1S/C15H9ClFNO2S/c1-7-2-3-13(21-7)12-6-10(15(19)20)9-4-8(16)5-11(17)14(9)18-12/h2-6H,1H3,(H,19,20). The van der Waals surface area contributed by atoms with Gasteiger partial charge in [0, 0.05) is 15.3 Å². The van der Waals surface area contributed by atoms with Crippen molar-refractivity contribution in [3.8, 4) is 10.6 Å². The van der Waals surface area contributed by atoms with Crippen LogP contribution >= 0.6 is 22.9 Å². The Balaban J connectivity index is 2.37. The second kappa shape index (κ2) is 5.09. The fraction of sp³-hybridized carbons (Fsp3) is 0.0667. The Morgan fingerprint density at radius 2 is 2.10 bits per heavy atom. The largest absolute Gasteiger partial charge is 0.478 e. The highest BCUT2D eigenvalue weighted by atomic mass is 35.5. The molecule has 0 aliphatic heterocycles. The number of fused-ring (bicyclic) bond motifs is 1. The van der Waals surface area contributed by atoms with Crippen LogP contribution in [0.25, 0.3) is 21.5 Å². The van der Waals surface area contributed by atoms with E-state index < -0.39 is 11.8 Å². The molecule has 0 aliphatic carbocycles. The fourth-order valence-corrected chi connectivity index (χ4v) is 3.16. The van der Waals surface area contributed by atoms with Gasteiger partial charge in [-0.2, -0.15) is 0 Å². The normalized spacial score (nSPS) is 11.0. The van der Waals surface area contributed by atoms with Crippen molar-refractivity contribution in [2.45, 2.75) is 6.92 Å². The zero-order valence-electron chi connectivity index (χ0n) is 10.9. The lowest BCUT2D eigenvalue weighted by Gasteiger charge is -2.07. The highest BCUT2D eigenvalue weighted by Crippen LogP contribution is 2.32. The lowest BCUT2D eigenvalue weighted by molar-refractivity contribution is 0.0699. The summed E-state index contributed by atoms with van der Waals surface area (Å²) in [5, 5.41) is 9.69. The van der Waals surface area contributed by atoms with Crippen LogP contribution in [0.5, 0.6) is 0 Å². The summed E-state index contributed by atoms with van der Waals surface area (Å²) < 4.78 is 14.1. The molecule has 0 fully saturated rings. The zero-order chi connectivity index (χ0) is 15.1. The summed E-state index contributed by atoms with van der Waals surface area (Å²) in [7, 11) is 0. The number of aromatic nitrogens is 1. The van der Waals surface area contributed by atoms with Crippen LogP contribution in [-0.2, 0) is 0 Å². The predicted molar refractivity (Wildman–Crippen MR) is 81.7 cm³/mol. The van der Waals surface area contributed by atoms with E-state index in [0.29, 0.717) is 5.69 Å². The van der Waals surface area contributed by atoms with Gasteiger partial charge in [0.1, 0.15) is 5.52 Å². The monoisotopic (exact) mass is 321 g/mol. The SMILES string of the molecule is Cc1ccc(-c2cc(C(=O)O)c3cc(Cl)cc(F)c3n2)s1. The number of carbonyl (C=O) groups is 1. The van der Waals surface area contributed by atoms with E-state index in [-0.39, 0.29) is 21.5 Å². The number of pyridine rings is 1. The molecule has 2 aromatic heterocycles. The minimum absolute atomic E-state index is 0.0116. The van der Waals surface area contributed by atoms with E-state index >= 15 is 0 Å². The molecular weight excluding hydrogens is 313 g/mol. The molecule has 0 aliphatic rings. The van der Waals surface area contributed by atoms with Gasteiger partial charge in [-0.05, 0) is 37.3 Å². The van der Waals surface area contributed by atoms with E-state index in [0.717, 1.165) is 15.8 Å². The van der Waals surface area contributed by atoms with Crippen LogP contribution in [0.1, 0.15) is 15.2 Å². The Morgan fingerprint density at radius 1 is 1.33 bits per heavy atom. The first-order valence-electron chi connectivity index (χ1n) is 6.05. The second-order valence-corrected chi connectivity index (χ2v) is 6.28. The molecule has 21 heavy (non-hydrogen) atoms. The number of carboxylic acids is 1. The third kappa shape index (κ3) is 2.50. The second-order valence-electron chi connectivity index (χ2n) is 4.55. The topological polar surface area (TPSA) is 50.2 Å². The summed E-state index contributed by atoms with van der Waals surface area (Å²) in [4.78, 5) is 17.6. The molecule has 0 amide bonds. The number of nitrogens with zero attached hydrogens (tertiary/aromatic N) is 1. The summed E-state index contributed by atoms with van der Waals surface area (Å²) in [5.74, 6) is -1.77.